The summed E-state index contributed by atoms with van der Waals surface area (Å²) in [5.41, 5.74) is -0.859. The average molecular weight is 262 g/mol. The Morgan fingerprint density at radius 3 is 2.42 bits per heavy atom. The molecule has 1 unspecified atom stereocenters. The molecule has 102 valence electrons. The molecule has 0 aromatic heterocycles. The fourth-order valence-electron chi connectivity index (χ4n) is 1.85. The number of ketones is 1. The number of hydrogen-bond donors (Lipinski definition) is 0. The van der Waals surface area contributed by atoms with E-state index in [1.54, 1.807) is 37.3 Å². The summed E-state index contributed by atoms with van der Waals surface area (Å²) in [5, 5.41) is 0. The molecule has 4 nitrogen and oxygen atoms in total. The van der Waals surface area contributed by atoms with E-state index in [0.717, 1.165) is 0 Å². The van der Waals surface area contributed by atoms with Crippen molar-refractivity contribution < 1.29 is 19.1 Å². The zero-order valence-electron chi connectivity index (χ0n) is 11.2. The Hall–Kier alpha value is -1.97. The van der Waals surface area contributed by atoms with Crippen molar-refractivity contribution in [1.82, 2.24) is 0 Å². The second kappa shape index (κ2) is 6.83. The first-order chi connectivity index (χ1) is 9.06. The first kappa shape index (κ1) is 15.1. The number of ether oxygens (including phenoxy) is 1. The largest absolute Gasteiger partial charge is 0.465 e. The molecule has 0 saturated heterocycles. The predicted molar refractivity (Wildman–Crippen MR) is 70.8 cm³/mol. The molecule has 4 heteroatoms. The van der Waals surface area contributed by atoms with Crippen molar-refractivity contribution in [3.05, 3.63) is 35.9 Å². The van der Waals surface area contributed by atoms with Crippen LogP contribution in [-0.2, 0) is 14.3 Å². The second-order valence-corrected chi connectivity index (χ2v) is 4.45. The minimum absolute atomic E-state index is 0.147. The summed E-state index contributed by atoms with van der Waals surface area (Å²) in [6.45, 7) is 3.42. The molecule has 0 spiro atoms. The van der Waals surface area contributed by atoms with Gasteiger partial charge >= 0.3 is 5.97 Å². The molecule has 0 saturated carbocycles. The molecule has 0 aliphatic rings. The number of Topliss-reactive ketones (excluding diaryl/α,β-unsaturated/α-hetero) is 1. The normalized spacial score (nSPS) is 13.4. The summed E-state index contributed by atoms with van der Waals surface area (Å²) < 4.78 is 4.97. The van der Waals surface area contributed by atoms with Crippen LogP contribution in [0, 0.1) is 5.41 Å². The summed E-state index contributed by atoms with van der Waals surface area (Å²) in [4.78, 5) is 35.0. The van der Waals surface area contributed by atoms with E-state index in [4.69, 9.17) is 4.74 Å². The Morgan fingerprint density at radius 1 is 1.26 bits per heavy atom. The maximum absolute atomic E-state index is 12.5. The minimum Gasteiger partial charge on any atom is -0.465 e. The lowest BCUT2D eigenvalue weighted by Gasteiger charge is -2.25. The second-order valence-electron chi connectivity index (χ2n) is 4.45. The van der Waals surface area contributed by atoms with Gasteiger partial charge in [-0.25, -0.2) is 0 Å². The van der Waals surface area contributed by atoms with Gasteiger partial charge in [-0.1, -0.05) is 30.3 Å². The van der Waals surface area contributed by atoms with Crippen LogP contribution in [0.4, 0.5) is 0 Å². The Kier molecular flexibility index (Phi) is 5.42. The van der Waals surface area contributed by atoms with Gasteiger partial charge in [-0.3, -0.25) is 9.59 Å². The van der Waals surface area contributed by atoms with E-state index in [9.17, 15) is 14.4 Å². The maximum Gasteiger partial charge on any atom is 0.319 e. The van der Waals surface area contributed by atoms with E-state index >= 15 is 0 Å². The van der Waals surface area contributed by atoms with Crippen LogP contribution in [0.2, 0.25) is 0 Å². The third-order valence-corrected chi connectivity index (χ3v) is 3.03. The molecule has 0 radical (unpaired) electrons. The van der Waals surface area contributed by atoms with Gasteiger partial charge in [0.1, 0.15) is 11.7 Å². The Balaban J connectivity index is 3.05. The monoisotopic (exact) mass is 262 g/mol. The molecule has 19 heavy (non-hydrogen) atoms. The van der Waals surface area contributed by atoms with Gasteiger partial charge in [-0.2, -0.15) is 0 Å². The molecule has 0 amide bonds. The van der Waals surface area contributed by atoms with E-state index in [1.807, 2.05) is 0 Å². The van der Waals surface area contributed by atoms with E-state index in [0.29, 0.717) is 11.8 Å². The molecular formula is C15H18O4. The highest BCUT2D eigenvalue weighted by molar-refractivity contribution is 6.12. The van der Waals surface area contributed by atoms with Crippen LogP contribution in [-0.4, -0.2) is 24.6 Å². The summed E-state index contributed by atoms with van der Waals surface area (Å²) in [6, 6.07) is 8.57. The van der Waals surface area contributed by atoms with Gasteiger partial charge in [0.2, 0.25) is 0 Å². The van der Waals surface area contributed by atoms with Crippen molar-refractivity contribution in [2.24, 2.45) is 5.41 Å². The van der Waals surface area contributed by atoms with Crippen LogP contribution in [0.3, 0.4) is 0 Å². The molecule has 1 aromatic rings. The third-order valence-electron chi connectivity index (χ3n) is 3.03. The summed E-state index contributed by atoms with van der Waals surface area (Å²) >= 11 is 0. The van der Waals surface area contributed by atoms with E-state index in [1.165, 1.54) is 6.92 Å². The predicted octanol–water partition coefficient (Wildman–Crippen LogP) is 2.42. The quantitative estimate of drug-likeness (QED) is 0.328. The van der Waals surface area contributed by atoms with Gasteiger partial charge in [-0.05, 0) is 20.3 Å². The first-order valence-electron chi connectivity index (χ1n) is 6.27. The van der Waals surface area contributed by atoms with Gasteiger partial charge in [0, 0.05) is 12.0 Å². The SMILES string of the molecule is CCOC(=O)C(C)(CCC=O)C(=O)c1ccccc1. The highest BCUT2D eigenvalue weighted by atomic mass is 16.5. The average Bonchev–Trinajstić information content (AvgIpc) is 2.45. The van der Waals surface area contributed by atoms with Crippen molar-refractivity contribution in [3.8, 4) is 0 Å². The fraction of sp³-hybridized carbons (Fsp3) is 0.400. The molecule has 0 fully saturated rings. The Labute approximate surface area is 112 Å². The number of carbonyl (C=O) groups excluding carboxylic acids is 3. The summed E-state index contributed by atoms with van der Waals surface area (Å²) in [6.07, 6.45) is 1.01. The van der Waals surface area contributed by atoms with Crippen LogP contribution in [0.1, 0.15) is 37.0 Å². The molecule has 1 rings (SSSR count). The lowest BCUT2D eigenvalue weighted by molar-refractivity contribution is -0.151. The highest BCUT2D eigenvalue weighted by Gasteiger charge is 2.42. The van der Waals surface area contributed by atoms with Crippen molar-refractivity contribution in [2.45, 2.75) is 26.7 Å². The summed E-state index contributed by atoms with van der Waals surface area (Å²) in [5.74, 6) is -0.890. The van der Waals surface area contributed by atoms with Crippen molar-refractivity contribution in [2.75, 3.05) is 6.61 Å². The van der Waals surface area contributed by atoms with Crippen molar-refractivity contribution in [1.29, 1.82) is 0 Å². The molecular weight excluding hydrogens is 244 g/mol. The molecule has 0 N–H and O–H groups in total. The van der Waals surface area contributed by atoms with E-state index in [2.05, 4.69) is 0 Å². The van der Waals surface area contributed by atoms with Gasteiger partial charge in [0.25, 0.3) is 0 Å². The standard InChI is InChI=1S/C15H18O4/c1-3-19-14(18)15(2,10-7-11-16)13(17)12-8-5-4-6-9-12/h4-6,8-9,11H,3,7,10H2,1-2H3. The molecule has 0 aliphatic carbocycles. The zero-order valence-corrected chi connectivity index (χ0v) is 11.2. The van der Waals surface area contributed by atoms with Gasteiger partial charge < -0.3 is 9.53 Å². The first-order valence-corrected chi connectivity index (χ1v) is 6.27. The summed E-state index contributed by atoms with van der Waals surface area (Å²) in [7, 11) is 0. The molecule has 0 bridgehead atoms. The lowest BCUT2D eigenvalue weighted by Crippen LogP contribution is -2.38. The number of carbonyl (C=O) groups is 3. The third kappa shape index (κ3) is 3.50. The van der Waals surface area contributed by atoms with Crippen LogP contribution in [0.5, 0.6) is 0 Å². The van der Waals surface area contributed by atoms with Crippen molar-refractivity contribution >= 4 is 18.0 Å². The van der Waals surface area contributed by atoms with Crippen molar-refractivity contribution in [3.63, 3.8) is 0 Å². The van der Waals surface area contributed by atoms with Crippen LogP contribution in [0.25, 0.3) is 0 Å². The zero-order chi connectivity index (χ0) is 14.3. The van der Waals surface area contributed by atoms with Crippen LogP contribution >= 0.6 is 0 Å². The molecule has 1 atom stereocenters. The lowest BCUT2D eigenvalue weighted by atomic mass is 9.78. The van der Waals surface area contributed by atoms with Crippen LogP contribution in [0.15, 0.2) is 30.3 Å². The van der Waals surface area contributed by atoms with Crippen LogP contribution < -0.4 is 0 Å². The number of rotatable bonds is 7. The topological polar surface area (TPSA) is 60.4 Å². The Morgan fingerprint density at radius 2 is 1.89 bits per heavy atom. The van der Waals surface area contributed by atoms with Gasteiger partial charge in [0.15, 0.2) is 5.78 Å². The number of benzene rings is 1. The van der Waals surface area contributed by atoms with E-state index < -0.39 is 11.4 Å². The highest BCUT2D eigenvalue weighted by Crippen LogP contribution is 2.29. The minimum atomic E-state index is -1.31. The van der Waals surface area contributed by atoms with E-state index in [-0.39, 0.29) is 25.2 Å². The maximum atomic E-state index is 12.5. The van der Waals surface area contributed by atoms with Gasteiger partial charge in [-0.15, -0.1) is 0 Å². The molecule has 1 aromatic carbocycles. The smallest absolute Gasteiger partial charge is 0.319 e. The number of esters is 1. The molecule has 0 heterocycles. The number of aldehydes is 1. The van der Waals surface area contributed by atoms with Gasteiger partial charge in [0.05, 0.1) is 6.61 Å². The molecule has 0 aliphatic heterocycles. The number of hydrogen-bond acceptors (Lipinski definition) is 4. The Bertz CT molecular complexity index is 452. The fourth-order valence-corrected chi connectivity index (χ4v) is 1.85.